The number of ether oxygens (including phenoxy) is 1. The number of hydrogen-bond donors (Lipinski definition) is 6. The molecule has 0 fully saturated rings. The highest BCUT2D eigenvalue weighted by Gasteiger charge is 2.30. The fourth-order valence-electron chi connectivity index (χ4n) is 4.33. The molecule has 4 amide bonds. The number of hydrogen-bond acceptors (Lipinski definition) is 7. The van der Waals surface area contributed by atoms with Crippen molar-refractivity contribution in [2.75, 3.05) is 19.7 Å². The van der Waals surface area contributed by atoms with Crippen LogP contribution in [0, 0.1) is 0 Å². The van der Waals surface area contributed by atoms with Gasteiger partial charge in [-0.1, -0.05) is 61.9 Å². The van der Waals surface area contributed by atoms with Crippen LogP contribution in [-0.2, 0) is 28.7 Å². The highest BCUT2D eigenvalue weighted by molar-refractivity contribution is 5.89. The lowest BCUT2D eigenvalue weighted by Crippen LogP contribution is -2.49. The maximum atomic E-state index is 12.4. The van der Waals surface area contributed by atoms with Crippen molar-refractivity contribution in [3.05, 3.63) is 59.7 Å². The van der Waals surface area contributed by atoms with Crippen molar-refractivity contribution in [2.45, 2.75) is 57.4 Å². The van der Waals surface area contributed by atoms with Crippen LogP contribution in [0.3, 0.4) is 0 Å². The third kappa shape index (κ3) is 11.8. The molecule has 0 saturated carbocycles. The number of aliphatic carboxylic acids is 2. The van der Waals surface area contributed by atoms with Gasteiger partial charge >= 0.3 is 18.0 Å². The first kappa shape index (κ1) is 34.3. The Morgan fingerprint density at radius 1 is 0.860 bits per heavy atom. The molecule has 43 heavy (non-hydrogen) atoms. The van der Waals surface area contributed by atoms with E-state index >= 15 is 0 Å². The van der Waals surface area contributed by atoms with E-state index in [1.165, 1.54) is 0 Å². The summed E-state index contributed by atoms with van der Waals surface area (Å²) in [4.78, 5) is 67.2. The number of fused-ring (bicyclic) bond motifs is 3. The molecule has 1 unspecified atom stereocenters. The number of nitrogens with two attached hydrogens (primary N) is 1. The summed E-state index contributed by atoms with van der Waals surface area (Å²) in [5.41, 5.74) is 9.24. The number of unbranched alkanes of at least 4 members (excludes halogenated alkanes) is 1. The zero-order chi connectivity index (χ0) is 31.8. The van der Waals surface area contributed by atoms with E-state index in [0.29, 0.717) is 6.54 Å². The lowest BCUT2D eigenvalue weighted by atomic mass is 9.98. The van der Waals surface area contributed by atoms with Gasteiger partial charge in [0.2, 0.25) is 17.7 Å². The molecule has 1 aliphatic carbocycles. The Labute approximate surface area is 249 Å². The van der Waals surface area contributed by atoms with Gasteiger partial charge in [-0.3, -0.25) is 24.0 Å². The zero-order valence-corrected chi connectivity index (χ0v) is 24.0. The number of alkyl carbamates (subject to hydrolysis) is 1. The maximum absolute atomic E-state index is 12.4. The standard InChI is InChI=1S/C22H23N3O6.C8H15NO3/c23-19(26)11-24-21(29)18(9-10-20(27)28)25-22(30)31-12-17-15-7-3-1-5-13(15)14-6-2-4-8-16(14)17;1-2-3-6-9-7(10)4-5-8(11)12/h1-8,17-18H,9-12H2,(H2,23,26)(H,24,29)(H,25,30)(H,27,28);2-6H2,1H3,(H,9,10)(H,11,12). The summed E-state index contributed by atoms with van der Waals surface area (Å²) >= 11 is 0. The Morgan fingerprint density at radius 3 is 1.98 bits per heavy atom. The monoisotopic (exact) mass is 598 g/mol. The van der Waals surface area contributed by atoms with Gasteiger partial charge in [-0.05, 0) is 35.1 Å². The van der Waals surface area contributed by atoms with Gasteiger partial charge in [-0.25, -0.2) is 4.79 Å². The Bertz CT molecular complexity index is 1250. The summed E-state index contributed by atoms with van der Waals surface area (Å²) < 4.78 is 5.38. The molecule has 2 aromatic rings. The zero-order valence-electron chi connectivity index (χ0n) is 24.0. The molecule has 0 aliphatic heterocycles. The number of carboxylic acid groups (broad SMARTS) is 2. The molecule has 0 radical (unpaired) electrons. The normalized spacial score (nSPS) is 11.9. The first-order valence-electron chi connectivity index (χ1n) is 13.9. The molecule has 7 N–H and O–H groups in total. The number of rotatable bonds is 15. The van der Waals surface area contributed by atoms with Gasteiger partial charge < -0.3 is 36.6 Å². The highest BCUT2D eigenvalue weighted by Crippen LogP contribution is 2.44. The summed E-state index contributed by atoms with van der Waals surface area (Å²) in [6.45, 7) is 2.31. The molecule has 0 saturated heterocycles. The summed E-state index contributed by atoms with van der Waals surface area (Å²) in [5, 5.41) is 24.4. The minimum absolute atomic E-state index is 0.0500. The molecule has 13 heteroatoms. The van der Waals surface area contributed by atoms with Crippen molar-refractivity contribution >= 4 is 35.8 Å². The van der Waals surface area contributed by atoms with Gasteiger partial charge in [0.05, 0.1) is 13.0 Å². The molecular weight excluding hydrogens is 560 g/mol. The van der Waals surface area contributed by atoms with E-state index < -0.39 is 42.4 Å². The Hall–Kier alpha value is -4.94. The molecule has 13 nitrogen and oxygen atoms in total. The smallest absolute Gasteiger partial charge is 0.407 e. The molecule has 1 aliphatic rings. The largest absolute Gasteiger partial charge is 0.481 e. The fraction of sp³-hybridized carbons (Fsp3) is 0.400. The summed E-state index contributed by atoms with van der Waals surface area (Å²) in [7, 11) is 0. The predicted octanol–water partition coefficient (Wildman–Crippen LogP) is 2.13. The van der Waals surface area contributed by atoms with Crippen LogP contribution < -0.4 is 21.7 Å². The number of primary amides is 1. The topological polar surface area (TPSA) is 214 Å². The Kier molecular flexibility index (Phi) is 14.2. The van der Waals surface area contributed by atoms with Crippen LogP contribution in [0.15, 0.2) is 48.5 Å². The van der Waals surface area contributed by atoms with Gasteiger partial charge in [-0.2, -0.15) is 0 Å². The number of nitrogens with one attached hydrogen (secondary N) is 3. The van der Waals surface area contributed by atoms with E-state index in [-0.39, 0.29) is 44.1 Å². The van der Waals surface area contributed by atoms with E-state index in [9.17, 15) is 28.8 Å². The number of amides is 4. The third-order valence-corrected chi connectivity index (χ3v) is 6.45. The molecule has 0 aromatic heterocycles. The molecule has 1 atom stereocenters. The van der Waals surface area contributed by atoms with Crippen LogP contribution >= 0.6 is 0 Å². The minimum Gasteiger partial charge on any atom is -0.481 e. The van der Waals surface area contributed by atoms with Gasteiger partial charge in [0, 0.05) is 25.3 Å². The van der Waals surface area contributed by atoms with Crippen LogP contribution in [0.4, 0.5) is 4.79 Å². The van der Waals surface area contributed by atoms with Crippen LogP contribution in [0.2, 0.25) is 0 Å². The second kappa shape index (κ2) is 17.8. The molecular formula is C30H38N4O9. The van der Waals surface area contributed by atoms with Crippen molar-refractivity contribution in [3.63, 3.8) is 0 Å². The van der Waals surface area contributed by atoms with E-state index in [4.69, 9.17) is 20.7 Å². The predicted molar refractivity (Wildman–Crippen MR) is 156 cm³/mol. The second-order valence-corrected chi connectivity index (χ2v) is 9.74. The van der Waals surface area contributed by atoms with Crippen molar-refractivity contribution in [1.82, 2.24) is 16.0 Å². The van der Waals surface area contributed by atoms with Crippen molar-refractivity contribution < 1.29 is 43.7 Å². The summed E-state index contributed by atoms with van der Waals surface area (Å²) in [5.74, 6) is -3.85. The van der Waals surface area contributed by atoms with Gasteiger partial charge in [0.25, 0.3) is 0 Å². The van der Waals surface area contributed by atoms with Gasteiger partial charge in [0.15, 0.2) is 0 Å². The van der Waals surface area contributed by atoms with Crippen LogP contribution in [0.1, 0.15) is 62.5 Å². The Morgan fingerprint density at radius 2 is 1.44 bits per heavy atom. The Balaban J connectivity index is 0.000000455. The van der Waals surface area contributed by atoms with Gasteiger partial charge in [-0.15, -0.1) is 0 Å². The number of carboxylic acids is 2. The number of benzene rings is 2. The highest BCUT2D eigenvalue weighted by atomic mass is 16.5. The van der Waals surface area contributed by atoms with E-state index in [1.54, 1.807) is 0 Å². The summed E-state index contributed by atoms with van der Waals surface area (Å²) in [6, 6.07) is 14.5. The average Bonchev–Trinajstić information content (AvgIpc) is 3.29. The average molecular weight is 599 g/mol. The second-order valence-electron chi connectivity index (χ2n) is 9.74. The fourth-order valence-corrected chi connectivity index (χ4v) is 4.33. The van der Waals surface area contributed by atoms with Crippen molar-refractivity contribution in [3.8, 4) is 11.1 Å². The maximum Gasteiger partial charge on any atom is 0.407 e. The van der Waals surface area contributed by atoms with E-state index in [2.05, 4.69) is 16.0 Å². The first-order valence-corrected chi connectivity index (χ1v) is 13.9. The number of carbonyl (C=O) groups excluding carboxylic acids is 4. The molecule has 2 aromatic carbocycles. The SMILES string of the molecule is CCCCNC(=O)CCC(=O)O.NC(=O)CNC(=O)C(CCC(=O)O)NC(=O)OCC1c2ccccc2-c2ccccc21. The molecule has 232 valence electrons. The molecule has 0 bridgehead atoms. The van der Waals surface area contributed by atoms with Crippen LogP contribution in [0.5, 0.6) is 0 Å². The van der Waals surface area contributed by atoms with E-state index in [0.717, 1.165) is 35.1 Å². The molecule has 0 spiro atoms. The molecule has 0 heterocycles. The van der Waals surface area contributed by atoms with Gasteiger partial charge in [0.1, 0.15) is 12.6 Å². The lowest BCUT2D eigenvalue weighted by molar-refractivity contribution is -0.139. The van der Waals surface area contributed by atoms with Crippen LogP contribution in [-0.4, -0.2) is 71.7 Å². The quantitative estimate of drug-likeness (QED) is 0.165. The minimum atomic E-state index is -1.17. The first-order chi connectivity index (χ1) is 20.5. The molecule has 3 rings (SSSR count). The van der Waals surface area contributed by atoms with Crippen LogP contribution in [0.25, 0.3) is 11.1 Å². The van der Waals surface area contributed by atoms with Crippen molar-refractivity contribution in [1.29, 1.82) is 0 Å². The van der Waals surface area contributed by atoms with E-state index in [1.807, 2.05) is 55.5 Å². The van der Waals surface area contributed by atoms with Crippen molar-refractivity contribution in [2.24, 2.45) is 5.73 Å². The summed E-state index contributed by atoms with van der Waals surface area (Å²) in [6.07, 6.45) is 0.601. The third-order valence-electron chi connectivity index (χ3n) is 6.45. The lowest BCUT2D eigenvalue weighted by Gasteiger charge is -2.19. The number of carbonyl (C=O) groups is 6.